The molecule has 2 aromatic heterocycles. The number of thiazole rings is 1. The van der Waals surface area contributed by atoms with Gasteiger partial charge in [-0.1, -0.05) is 11.3 Å². The van der Waals surface area contributed by atoms with Crippen LogP contribution in [0.1, 0.15) is 16.1 Å². The van der Waals surface area contributed by atoms with E-state index < -0.39 is 17.5 Å². The van der Waals surface area contributed by atoms with Crippen molar-refractivity contribution < 1.29 is 13.6 Å². The highest BCUT2D eigenvalue weighted by molar-refractivity contribution is 7.18. The van der Waals surface area contributed by atoms with Crippen molar-refractivity contribution in [2.45, 2.75) is 6.92 Å². The van der Waals surface area contributed by atoms with Crippen molar-refractivity contribution in [3.05, 3.63) is 59.4 Å². The lowest BCUT2D eigenvalue weighted by atomic mass is 10.2. The van der Waals surface area contributed by atoms with Crippen LogP contribution < -0.4 is 11.1 Å². The summed E-state index contributed by atoms with van der Waals surface area (Å²) in [4.78, 5) is 21.2. The molecule has 0 aliphatic rings. The van der Waals surface area contributed by atoms with Crippen molar-refractivity contribution in [1.82, 2.24) is 9.97 Å². The SMILES string of the molecule is Cc1nc(N)sc1-c1ccnc(NC(=O)c2ccc(F)cc2F)c1. The summed E-state index contributed by atoms with van der Waals surface area (Å²) in [5, 5.41) is 2.94. The number of nitrogen functional groups attached to an aromatic ring is 1. The predicted octanol–water partition coefficient (Wildman–Crippen LogP) is 3.63. The van der Waals surface area contributed by atoms with Gasteiger partial charge in [-0.05, 0) is 36.8 Å². The molecule has 0 bridgehead atoms. The zero-order valence-corrected chi connectivity index (χ0v) is 13.3. The first-order valence-electron chi connectivity index (χ1n) is 6.90. The average molecular weight is 346 g/mol. The van der Waals surface area contributed by atoms with Gasteiger partial charge in [0.2, 0.25) is 0 Å². The average Bonchev–Trinajstić information content (AvgIpc) is 2.86. The number of hydrogen-bond donors (Lipinski definition) is 2. The van der Waals surface area contributed by atoms with Crippen molar-refractivity contribution in [3.8, 4) is 10.4 Å². The van der Waals surface area contributed by atoms with Crippen molar-refractivity contribution in [3.63, 3.8) is 0 Å². The normalized spacial score (nSPS) is 10.6. The van der Waals surface area contributed by atoms with Gasteiger partial charge in [0.1, 0.15) is 17.5 Å². The summed E-state index contributed by atoms with van der Waals surface area (Å²) in [7, 11) is 0. The second-order valence-corrected chi connectivity index (χ2v) is 6.01. The van der Waals surface area contributed by atoms with Gasteiger partial charge in [-0.3, -0.25) is 4.79 Å². The quantitative estimate of drug-likeness (QED) is 0.759. The number of nitrogens with two attached hydrogens (primary N) is 1. The summed E-state index contributed by atoms with van der Waals surface area (Å²) in [6.45, 7) is 1.83. The van der Waals surface area contributed by atoms with E-state index in [9.17, 15) is 13.6 Å². The first-order chi connectivity index (χ1) is 11.4. The molecule has 3 rings (SSSR count). The third-order valence-corrected chi connectivity index (χ3v) is 4.29. The van der Waals surface area contributed by atoms with Crippen LogP contribution in [0.3, 0.4) is 0 Å². The van der Waals surface area contributed by atoms with Crippen molar-refractivity contribution in [2.24, 2.45) is 0 Å². The molecule has 0 aliphatic carbocycles. The van der Waals surface area contributed by atoms with E-state index in [2.05, 4.69) is 15.3 Å². The van der Waals surface area contributed by atoms with Crippen LogP contribution in [0.4, 0.5) is 19.7 Å². The molecule has 2 heterocycles. The van der Waals surface area contributed by atoms with Gasteiger partial charge in [-0.25, -0.2) is 18.7 Å². The number of aryl methyl sites for hydroxylation is 1. The van der Waals surface area contributed by atoms with Gasteiger partial charge in [-0.2, -0.15) is 0 Å². The Hall–Kier alpha value is -2.87. The molecule has 1 aromatic carbocycles. The number of anilines is 2. The third kappa shape index (κ3) is 3.23. The minimum absolute atomic E-state index is 0.243. The van der Waals surface area contributed by atoms with Gasteiger partial charge in [0.25, 0.3) is 5.91 Å². The van der Waals surface area contributed by atoms with E-state index in [0.717, 1.165) is 28.3 Å². The number of nitrogens with one attached hydrogen (secondary N) is 1. The number of halogens is 2. The number of benzene rings is 1. The van der Waals surface area contributed by atoms with Crippen molar-refractivity contribution in [2.75, 3.05) is 11.1 Å². The van der Waals surface area contributed by atoms with E-state index in [4.69, 9.17) is 5.73 Å². The molecule has 0 fully saturated rings. The Balaban J connectivity index is 1.87. The molecule has 1 amide bonds. The van der Waals surface area contributed by atoms with Crippen LogP contribution in [0.5, 0.6) is 0 Å². The number of rotatable bonds is 3. The van der Waals surface area contributed by atoms with E-state index in [1.165, 1.54) is 17.5 Å². The number of carbonyl (C=O) groups excluding carboxylic acids is 1. The first kappa shape index (κ1) is 16.0. The highest BCUT2D eigenvalue weighted by Gasteiger charge is 2.14. The maximum atomic E-state index is 13.7. The molecule has 5 nitrogen and oxygen atoms in total. The van der Waals surface area contributed by atoms with E-state index in [1.54, 1.807) is 12.1 Å². The molecule has 0 unspecified atom stereocenters. The topological polar surface area (TPSA) is 80.9 Å². The van der Waals surface area contributed by atoms with E-state index >= 15 is 0 Å². The summed E-state index contributed by atoms with van der Waals surface area (Å²) in [6.07, 6.45) is 1.52. The standard InChI is InChI=1S/C16H12F2N4OS/c1-8-14(24-16(19)21-8)9-4-5-20-13(6-9)22-15(23)11-3-2-10(17)7-12(11)18/h2-7H,1H3,(H2,19,21)(H,20,22,23). The van der Waals surface area contributed by atoms with Gasteiger partial charge in [0, 0.05) is 12.3 Å². The number of nitrogens with zero attached hydrogens (tertiary/aromatic N) is 2. The molecule has 8 heteroatoms. The highest BCUT2D eigenvalue weighted by atomic mass is 32.1. The Morgan fingerprint density at radius 2 is 2.04 bits per heavy atom. The molecule has 0 saturated carbocycles. The third-order valence-electron chi connectivity index (χ3n) is 3.25. The van der Waals surface area contributed by atoms with Crippen LogP contribution in [-0.2, 0) is 0 Å². The first-order valence-corrected chi connectivity index (χ1v) is 7.71. The Kier molecular flexibility index (Phi) is 4.22. The molecule has 0 aliphatic heterocycles. The lowest BCUT2D eigenvalue weighted by molar-refractivity contribution is 0.102. The molecule has 122 valence electrons. The smallest absolute Gasteiger partial charge is 0.259 e. The second kappa shape index (κ2) is 6.32. The Morgan fingerprint density at radius 3 is 2.71 bits per heavy atom. The lowest BCUT2D eigenvalue weighted by Crippen LogP contribution is -2.14. The lowest BCUT2D eigenvalue weighted by Gasteiger charge is -2.07. The number of aromatic nitrogens is 2. The van der Waals surface area contributed by atoms with E-state index in [-0.39, 0.29) is 11.4 Å². The zero-order chi connectivity index (χ0) is 17.3. The summed E-state index contributed by atoms with van der Waals surface area (Å²) in [6, 6.07) is 6.15. The number of pyridine rings is 1. The maximum Gasteiger partial charge on any atom is 0.259 e. The summed E-state index contributed by atoms with van der Waals surface area (Å²) < 4.78 is 26.6. The molecule has 0 spiro atoms. The van der Waals surface area contributed by atoms with Gasteiger partial charge in [0.05, 0.1) is 16.1 Å². The largest absolute Gasteiger partial charge is 0.375 e. The van der Waals surface area contributed by atoms with Crippen LogP contribution >= 0.6 is 11.3 Å². The van der Waals surface area contributed by atoms with Crippen molar-refractivity contribution >= 4 is 28.2 Å². The van der Waals surface area contributed by atoms with Gasteiger partial charge in [-0.15, -0.1) is 0 Å². The molecule has 0 radical (unpaired) electrons. The zero-order valence-electron chi connectivity index (χ0n) is 12.5. The fraction of sp³-hybridized carbons (Fsp3) is 0.0625. The second-order valence-electron chi connectivity index (χ2n) is 4.97. The van der Waals surface area contributed by atoms with E-state index in [1.807, 2.05) is 6.92 Å². The Bertz CT molecular complexity index is 926. The minimum atomic E-state index is -0.935. The molecular weight excluding hydrogens is 334 g/mol. The Morgan fingerprint density at radius 1 is 1.25 bits per heavy atom. The van der Waals surface area contributed by atoms with Crippen LogP contribution in [0.2, 0.25) is 0 Å². The molecule has 0 saturated heterocycles. The van der Waals surface area contributed by atoms with Crippen LogP contribution in [0.15, 0.2) is 36.5 Å². The monoisotopic (exact) mass is 346 g/mol. The van der Waals surface area contributed by atoms with Crippen LogP contribution in [0.25, 0.3) is 10.4 Å². The van der Waals surface area contributed by atoms with Crippen LogP contribution in [-0.4, -0.2) is 15.9 Å². The summed E-state index contributed by atoms with van der Waals surface area (Å²) >= 11 is 1.32. The highest BCUT2D eigenvalue weighted by Crippen LogP contribution is 2.32. The number of amides is 1. The minimum Gasteiger partial charge on any atom is -0.375 e. The number of hydrogen-bond acceptors (Lipinski definition) is 5. The molecule has 3 aromatic rings. The summed E-state index contributed by atoms with van der Waals surface area (Å²) in [5.74, 6) is -2.15. The molecule has 0 atom stereocenters. The maximum absolute atomic E-state index is 13.7. The van der Waals surface area contributed by atoms with Crippen molar-refractivity contribution in [1.29, 1.82) is 0 Å². The fourth-order valence-electron chi connectivity index (χ4n) is 2.18. The molecular formula is C16H12F2N4OS. The summed E-state index contributed by atoms with van der Waals surface area (Å²) in [5.41, 5.74) is 6.98. The fourth-order valence-corrected chi connectivity index (χ4v) is 3.01. The Labute approximate surface area is 140 Å². The van der Waals surface area contributed by atoms with Gasteiger partial charge >= 0.3 is 0 Å². The molecule has 24 heavy (non-hydrogen) atoms. The molecule has 3 N–H and O–H groups in total. The van der Waals surface area contributed by atoms with Gasteiger partial charge in [0.15, 0.2) is 5.13 Å². The van der Waals surface area contributed by atoms with E-state index in [0.29, 0.717) is 11.2 Å². The predicted molar refractivity (Wildman–Crippen MR) is 88.8 cm³/mol. The van der Waals surface area contributed by atoms with Gasteiger partial charge < -0.3 is 11.1 Å². The van der Waals surface area contributed by atoms with Crippen LogP contribution in [0, 0.1) is 18.6 Å². The number of carbonyl (C=O) groups is 1.